The first-order valence-electron chi connectivity index (χ1n) is 7.27. The monoisotopic (exact) mass is 339 g/mol. The van der Waals surface area contributed by atoms with Gasteiger partial charge in [-0.1, -0.05) is 0 Å². The number of benzene rings is 1. The molecule has 0 spiro atoms. The van der Waals surface area contributed by atoms with E-state index in [1.54, 1.807) is 13.0 Å². The van der Waals surface area contributed by atoms with Gasteiger partial charge in [-0.2, -0.15) is 0 Å². The topological polar surface area (TPSA) is 104 Å². The van der Waals surface area contributed by atoms with Gasteiger partial charge in [-0.05, 0) is 31.2 Å². The van der Waals surface area contributed by atoms with E-state index in [4.69, 9.17) is 4.74 Å². The molecular weight excluding hydrogens is 326 g/mol. The first-order valence-corrected chi connectivity index (χ1v) is 7.27. The summed E-state index contributed by atoms with van der Waals surface area (Å²) in [6.07, 6.45) is 1.45. The Bertz CT molecular complexity index is 1010. The molecule has 0 fully saturated rings. The molecule has 0 saturated heterocycles. The van der Waals surface area contributed by atoms with Gasteiger partial charge in [0.05, 0.1) is 35.1 Å². The first kappa shape index (κ1) is 16.3. The first-order chi connectivity index (χ1) is 11.9. The fourth-order valence-corrected chi connectivity index (χ4v) is 2.53. The van der Waals surface area contributed by atoms with Crippen molar-refractivity contribution in [3.8, 4) is 0 Å². The van der Waals surface area contributed by atoms with Crippen molar-refractivity contribution < 1.29 is 19.2 Å². The van der Waals surface area contributed by atoms with Gasteiger partial charge in [0, 0.05) is 23.4 Å². The minimum atomic E-state index is -0.564. The Morgan fingerprint density at radius 1 is 1.20 bits per heavy atom. The zero-order valence-electron chi connectivity index (χ0n) is 13.4. The summed E-state index contributed by atoms with van der Waals surface area (Å²) in [5.74, 6) is -0.948. The highest BCUT2D eigenvalue weighted by Gasteiger charge is 2.21. The number of aromatic nitrogens is 2. The van der Waals surface area contributed by atoms with Gasteiger partial charge in [0.15, 0.2) is 0 Å². The highest BCUT2D eigenvalue weighted by atomic mass is 16.6. The number of aryl methyl sites for hydroxylation is 1. The van der Waals surface area contributed by atoms with Gasteiger partial charge in [-0.15, -0.1) is 0 Å². The molecule has 25 heavy (non-hydrogen) atoms. The van der Waals surface area contributed by atoms with Gasteiger partial charge in [0.25, 0.3) is 5.69 Å². The van der Waals surface area contributed by atoms with Crippen LogP contribution in [0.25, 0.3) is 5.52 Å². The predicted molar refractivity (Wildman–Crippen MR) is 87.8 cm³/mol. The third-order valence-corrected chi connectivity index (χ3v) is 3.78. The number of nitro groups is 1. The lowest BCUT2D eigenvalue weighted by atomic mass is 10.1. The molecule has 8 nitrogen and oxygen atoms in total. The molecule has 8 heteroatoms. The summed E-state index contributed by atoms with van der Waals surface area (Å²) in [6.45, 7) is 1.77. The Balaban J connectivity index is 2.13. The summed E-state index contributed by atoms with van der Waals surface area (Å²) in [7, 11) is 1.26. The molecule has 3 aromatic rings. The van der Waals surface area contributed by atoms with E-state index in [-0.39, 0.29) is 28.3 Å². The fourth-order valence-electron chi connectivity index (χ4n) is 2.53. The molecule has 126 valence electrons. The van der Waals surface area contributed by atoms with Crippen LogP contribution in [0.1, 0.15) is 32.1 Å². The van der Waals surface area contributed by atoms with Crippen LogP contribution in [0.15, 0.2) is 42.7 Å². The van der Waals surface area contributed by atoms with E-state index in [9.17, 15) is 19.7 Å². The van der Waals surface area contributed by atoms with Crippen LogP contribution in [-0.2, 0) is 4.74 Å². The third-order valence-electron chi connectivity index (χ3n) is 3.78. The second-order valence-corrected chi connectivity index (χ2v) is 5.35. The Morgan fingerprint density at radius 3 is 2.48 bits per heavy atom. The van der Waals surface area contributed by atoms with Crippen LogP contribution >= 0.6 is 0 Å². The number of nitro benzene ring substituents is 1. The molecule has 2 aromatic heterocycles. The molecule has 0 aliphatic rings. The van der Waals surface area contributed by atoms with Crippen LogP contribution in [-0.4, -0.2) is 33.2 Å². The van der Waals surface area contributed by atoms with Gasteiger partial charge in [-0.25, -0.2) is 9.78 Å². The number of hydrogen-bond donors (Lipinski definition) is 0. The average molecular weight is 339 g/mol. The molecule has 0 aliphatic heterocycles. The summed E-state index contributed by atoms with van der Waals surface area (Å²) in [4.78, 5) is 39.1. The van der Waals surface area contributed by atoms with Crippen LogP contribution < -0.4 is 0 Å². The average Bonchev–Trinajstić information content (AvgIpc) is 2.99. The van der Waals surface area contributed by atoms with Crippen LogP contribution in [0, 0.1) is 17.0 Å². The molecular formula is C17H13N3O5. The molecule has 0 radical (unpaired) electrons. The summed E-state index contributed by atoms with van der Waals surface area (Å²) < 4.78 is 6.27. The van der Waals surface area contributed by atoms with E-state index < -0.39 is 10.9 Å². The Labute approximate surface area is 141 Å². The standard InChI is InChI=1S/C17H13N3O5/c1-10-7-14-13(17(22)25-2)8-15(19(14)9-18-10)16(21)11-3-5-12(6-4-11)20(23)24/h3-9H,1-2H3. The highest BCUT2D eigenvalue weighted by molar-refractivity contribution is 6.11. The molecule has 3 rings (SSSR count). The number of carbonyl (C=O) groups is 2. The highest BCUT2D eigenvalue weighted by Crippen LogP contribution is 2.22. The second kappa shape index (κ2) is 6.16. The maximum atomic E-state index is 12.8. The van der Waals surface area contributed by atoms with Crippen LogP contribution in [0.5, 0.6) is 0 Å². The lowest BCUT2D eigenvalue weighted by Gasteiger charge is -2.03. The van der Waals surface area contributed by atoms with E-state index in [0.29, 0.717) is 11.2 Å². The van der Waals surface area contributed by atoms with Crippen molar-refractivity contribution >= 4 is 23.0 Å². The summed E-state index contributed by atoms with van der Waals surface area (Å²) in [5.41, 5.74) is 1.82. The Kier molecular flexibility index (Phi) is 4.02. The van der Waals surface area contributed by atoms with Crippen molar-refractivity contribution in [1.29, 1.82) is 0 Å². The summed E-state index contributed by atoms with van der Waals surface area (Å²) >= 11 is 0. The molecule has 0 atom stereocenters. The molecule has 0 unspecified atom stereocenters. The smallest absolute Gasteiger partial charge is 0.340 e. The van der Waals surface area contributed by atoms with Crippen LogP contribution in [0.2, 0.25) is 0 Å². The molecule has 0 aliphatic carbocycles. The number of ether oxygens (including phenoxy) is 1. The number of non-ortho nitro benzene ring substituents is 1. The van der Waals surface area contributed by atoms with E-state index in [2.05, 4.69) is 4.98 Å². The van der Waals surface area contributed by atoms with Crippen molar-refractivity contribution in [2.24, 2.45) is 0 Å². The maximum Gasteiger partial charge on any atom is 0.340 e. The van der Waals surface area contributed by atoms with E-state index in [0.717, 1.165) is 0 Å². The number of rotatable bonds is 4. The summed E-state index contributed by atoms with van der Waals surface area (Å²) in [5, 5.41) is 10.7. The number of esters is 1. The van der Waals surface area contributed by atoms with Crippen molar-refractivity contribution in [2.75, 3.05) is 7.11 Å². The third kappa shape index (κ3) is 2.85. The minimum Gasteiger partial charge on any atom is -0.465 e. The SMILES string of the molecule is COC(=O)c1cc(C(=O)c2ccc([N+](=O)[O-])cc2)n2cnc(C)cc12. The van der Waals surface area contributed by atoms with Crippen molar-refractivity contribution in [3.05, 3.63) is 75.4 Å². The number of nitrogens with zero attached hydrogens (tertiary/aromatic N) is 3. The number of hydrogen-bond acceptors (Lipinski definition) is 6. The fraction of sp³-hybridized carbons (Fsp3) is 0.118. The zero-order valence-corrected chi connectivity index (χ0v) is 13.4. The number of carbonyl (C=O) groups excluding carboxylic acids is 2. The van der Waals surface area contributed by atoms with Gasteiger partial charge in [0.2, 0.25) is 5.78 Å². The second-order valence-electron chi connectivity index (χ2n) is 5.35. The van der Waals surface area contributed by atoms with Gasteiger partial charge >= 0.3 is 5.97 Å². The number of ketones is 1. The lowest BCUT2D eigenvalue weighted by Crippen LogP contribution is -2.06. The minimum absolute atomic E-state index is 0.107. The van der Waals surface area contributed by atoms with Crippen molar-refractivity contribution in [2.45, 2.75) is 6.92 Å². The molecule has 0 N–H and O–H groups in total. The molecule has 2 heterocycles. The van der Waals surface area contributed by atoms with Crippen LogP contribution in [0.3, 0.4) is 0 Å². The molecule has 1 aromatic carbocycles. The van der Waals surface area contributed by atoms with Gasteiger partial charge in [-0.3, -0.25) is 19.3 Å². The molecule has 0 bridgehead atoms. The largest absolute Gasteiger partial charge is 0.465 e. The molecule has 0 amide bonds. The zero-order chi connectivity index (χ0) is 18.1. The maximum absolute atomic E-state index is 12.8. The quantitative estimate of drug-likeness (QED) is 0.313. The summed E-state index contributed by atoms with van der Waals surface area (Å²) in [6, 6.07) is 8.38. The van der Waals surface area contributed by atoms with E-state index in [1.165, 1.54) is 48.2 Å². The van der Waals surface area contributed by atoms with Gasteiger partial charge < -0.3 is 4.74 Å². The number of fused-ring (bicyclic) bond motifs is 1. The van der Waals surface area contributed by atoms with E-state index >= 15 is 0 Å². The van der Waals surface area contributed by atoms with Crippen molar-refractivity contribution in [1.82, 2.24) is 9.38 Å². The lowest BCUT2D eigenvalue weighted by molar-refractivity contribution is -0.384. The Morgan fingerprint density at radius 2 is 1.88 bits per heavy atom. The van der Waals surface area contributed by atoms with Crippen LogP contribution in [0.4, 0.5) is 5.69 Å². The Hall–Kier alpha value is -3.55. The van der Waals surface area contributed by atoms with E-state index in [1.807, 2.05) is 0 Å². The normalized spacial score (nSPS) is 10.6. The van der Waals surface area contributed by atoms with Gasteiger partial charge in [0.1, 0.15) is 0 Å². The molecule has 0 saturated carbocycles. The predicted octanol–water partition coefficient (Wildman–Crippen LogP) is 2.57. The van der Waals surface area contributed by atoms with Crippen molar-refractivity contribution in [3.63, 3.8) is 0 Å². The number of methoxy groups -OCH3 is 1.